The van der Waals surface area contributed by atoms with E-state index in [-0.39, 0.29) is 11.9 Å². The number of hydrogen-bond acceptors (Lipinski definition) is 2. The van der Waals surface area contributed by atoms with Crippen molar-refractivity contribution in [3.8, 4) is 0 Å². The van der Waals surface area contributed by atoms with Crippen LogP contribution in [-0.2, 0) is 4.79 Å². The van der Waals surface area contributed by atoms with Crippen LogP contribution < -0.4 is 16.0 Å². The number of allylic oxidation sites excluding steroid dienone is 1. The van der Waals surface area contributed by atoms with Crippen LogP contribution in [0.5, 0.6) is 0 Å². The molecule has 0 radical (unpaired) electrons. The van der Waals surface area contributed by atoms with Gasteiger partial charge in [-0.1, -0.05) is 33.6 Å². The van der Waals surface area contributed by atoms with Crippen molar-refractivity contribution in [3.63, 3.8) is 0 Å². The molecule has 1 heterocycles. The van der Waals surface area contributed by atoms with E-state index < -0.39 is 0 Å². The minimum Gasteiger partial charge on any atom is -0.351 e. The SMILES string of the molecule is CC1=C(C(=O)Nc2ccc(Br)cc2)C(c2c(C)cc(C)cc2C)NC(=S)N1. The van der Waals surface area contributed by atoms with Gasteiger partial charge in [-0.3, -0.25) is 4.79 Å². The fraction of sp³-hybridized carbons (Fsp3) is 0.238. The standard InChI is InChI=1S/C21H22BrN3OS/c1-11-9-12(2)17(13(3)10-11)19-18(14(4)23-21(27)25-19)20(26)24-16-7-5-15(22)6-8-16/h5-10,19H,1-4H3,(H,24,26)(H2,23,25,27). The Morgan fingerprint density at radius 2 is 1.67 bits per heavy atom. The number of thiocarbonyl (C=S) groups is 1. The third kappa shape index (κ3) is 4.22. The Bertz CT molecular complexity index is 927. The van der Waals surface area contributed by atoms with E-state index in [1.54, 1.807) is 0 Å². The van der Waals surface area contributed by atoms with Crippen molar-refractivity contribution in [2.45, 2.75) is 33.7 Å². The van der Waals surface area contributed by atoms with Crippen LogP contribution in [-0.4, -0.2) is 11.0 Å². The number of rotatable bonds is 3. The summed E-state index contributed by atoms with van der Waals surface area (Å²) in [5.41, 5.74) is 6.71. The summed E-state index contributed by atoms with van der Waals surface area (Å²) in [7, 11) is 0. The fourth-order valence-electron chi connectivity index (χ4n) is 3.59. The summed E-state index contributed by atoms with van der Waals surface area (Å²) in [6.07, 6.45) is 0. The molecule has 2 aromatic rings. The van der Waals surface area contributed by atoms with Gasteiger partial charge in [0, 0.05) is 15.9 Å². The predicted molar refractivity (Wildman–Crippen MR) is 118 cm³/mol. The lowest BCUT2D eigenvalue weighted by Gasteiger charge is -2.32. The Morgan fingerprint density at radius 3 is 2.26 bits per heavy atom. The van der Waals surface area contributed by atoms with Crippen LogP contribution >= 0.6 is 28.1 Å². The molecule has 4 nitrogen and oxygen atoms in total. The summed E-state index contributed by atoms with van der Waals surface area (Å²) in [4.78, 5) is 13.1. The first-order valence-electron chi connectivity index (χ1n) is 8.69. The van der Waals surface area contributed by atoms with Gasteiger partial charge in [0.05, 0.1) is 11.6 Å². The number of aryl methyl sites for hydroxylation is 3. The summed E-state index contributed by atoms with van der Waals surface area (Å²) in [6.45, 7) is 8.10. The second-order valence-electron chi connectivity index (χ2n) is 6.84. The lowest BCUT2D eigenvalue weighted by atomic mass is 9.88. The van der Waals surface area contributed by atoms with Gasteiger partial charge < -0.3 is 16.0 Å². The molecule has 0 aromatic heterocycles. The highest BCUT2D eigenvalue weighted by atomic mass is 79.9. The second kappa shape index (κ2) is 7.82. The molecule has 0 fully saturated rings. The van der Waals surface area contributed by atoms with Crippen molar-refractivity contribution in [1.29, 1.82) is 0 Å². The van der Waals surface area contributed by atoms with Crippen LogP contribution in [0, 0.1) is 20.8 Å². The molecule has 1 amide bonds. The highest BCUT2D eigenvalue weighted by molar-refractivity contribution is 9.10. The van der Waals surface area contributed by atoms with E-state index in [9.17, 15) is 4.79 Å². The number of amides is 1. The van der Waals surface area contributed by atoms with Gasteiger partial charge in [-0.15, -0.1) is 0 Å². The molecular formula is C21H22BrN3OS. The van der Waals surface area contributed by atoms with Gasteiger partial charge >= 0.3 is 0 Å². The Balaban J connectivity index is 2.02. The Kier molecular flexibility index (Phi) is 5.67. The van der Waals surface area contributed by atoms with E-state index in [2.05, 4.69) is 64.8 Å². The number of halogens is 1. The monoisotopic (exact) mass is 443 g/mol. The van der Waals surface area contributed by atoms with Crippen LogP contribution in [0.4, 0.5) is 5.69 Å². The smallest absolute Gasteiger partial charge is 0.255 e. The van der Waals surface area contributed by atoms with Gasteiger partial charge in [-0.25, -0.2) is 0 Å². The summed E-state index contributed by atoms with van der Waals surface area (Å²) >= 11 is 8.77. The van der Waals surface area contributed by atoms with Crippen molar-refractivity contribution >= 4 is 44.9 Å². The van der Waals surface area contributed by atoms with Gasteiger partial charge in [0.15, 0.2) is 5.11 Å². The van der Waals surface area contributed by atoms with Crippen molar-refractivity contribution in [3.05, 3.63) is 74.4 Å². The second-order valence-corrected chi connectivity index (χ2v) is 8.17. The van der Waals surface area contributed by atoms with Gasteiger partial charge in [0.25, 0.3) is 5.91 Å². The number of nitrogens with one attached hydrogen (secondary N) is 3. The molecule has 6 heteroatoms. The zero-order chi connectivity index (χ0) is 19.7. The normalized spacial score (nSPS) is 16.6. The lowest BCUT2D eigenvalue weighted by Crippen LogP contribution is -2.46. The maximum Gasteiger partial charge on any atom is 0.255 e. The molecule has 1 aliphatic rings. The topological polar surface area (TPSA) is 53.2 Å². The first kappa shape index (κ1) is 19.6. The zero-order valence-corrected chi connectivity index (χ0v) is 18.1. The summed E-state index contributed by atoms with van der Waals surface area (Å²) in [5, 5.41) is 9.89. The molecule has 0 bridgehead atoms. The molecule has 1 unspecified atom stereocenters. The van der Waals surface area contributed by atoms with E-state index in [0.29, 0.717) is 10.7 Å². The minimum absolute atomic E-state index is 0.151. The van der Waals surface area contributed by atoms with Crippen LogP contribution in [0.2, 0.25) is 0 Å². The molecular weight excluding hydrogens is 422 g/mol. The Labute approximate surface area is 173 Å². The summed E-state index contributed by atoms with van der Waals surface area (Å²) in [5.74, 6) is -0.151. The first-order valence-corrected chi connectivity index (χ1v) is 9.89. The molecule has 0 spiro atoms. The van der Waals surface area contributed by atoms with Crippen LogP contribution in [0.25, 0.3) is 0 Å². The number of anilines is 1. The molecule has 3 rings (SSSR count). The quantitative estimate of drug-likeness (QED) is 0.595. The first-order chi connectivity index (χ1) is 12.8. The summed E-state index contributed by atoms with van der Waals surface area (Å²) < 4.78 is 0.964. The lowest BCUT2D eigenvalue weighted by molar-refractivity contribution is -0.113. The predicted octanol–water partition coefficient (Wildman–Crippen LogP) is 4.81. The largest absolute Gasteiger partial charge is 0.351 e. The minimum atomic E-state index is -0.296. The molecule has 140 valence electrons. The van der Waals surface area contributed by atoms with Crippen molar-refractivity contribution in [1.82, 2.24) is 10.6 Å². The number of carbonyl (C=O) groups excluding carboxylic acids is 1. The molecule has 0 saturated heterocycles. The van der Waals surface area contributed by atoms with Gasteiger partial charge in [0.1, 0.15) is 0 Å². The Morgan fingerprint density at radius 1 is 1.07 bits per heavy atom. The Hall–Kier alpha value is -2.18. The van der Waals surface area contributed by atoms with Crippen molar-refractivity contribution in [2.24, 2.45) is 0 Å². The van der Waals surface area contributed by atoms with Crippen molar-refractivity contribution in [2.75, 3.05) is 5.32 Å². The van der Waals surface area contributed by atoms with E-state index in [4.69, 9.17) is 12.2 Å². The van der Waals surface area contributed by atoms with Crippen LogP contribution in [0.15, 0.2) is 52.1 Å². The van der Waals surface area contributed by atoms with Gasteiger partial charge in [0.2, 0.25) is 0 Å². The molecule has 27 heavy (non-hydrogen) atoms. The molecule has 1 atom stereocenters. The van der Waals surface area contributed by atoms with Gasteiger partial charge in [-0.2, -0.15) is 0 Å². The van der Waals surface area contributed by atoms with Crippen LogP contribution in [0.3, 0.4) is 0 Å². The average molecular weight is 444 g/mol. The molecule has 3 N–H and O–H groups in total. The van der Waals surface area contributed by atoms with Crippen molar-refractivity contribution < 1.29 is 4.79 Å². The van der Waals surface area contributed by atoms with E-state index >= 15 is 0 Å². The average Bonchev–Trinajstić information content (AvgIpc) is 2.55. The molecule has 0 saturated carbocycles. The number of benzene rings is 2. The zero-order valence-electron chi connectivity index (χ0n) is 15.7. The highest BCUT2D eigenvalue weighted by Crippen LogP contribution is 2.32. The number of hydrogen-bond donors (Lipinski definition) is 3. The van der Waals surface area contributed by atoms with Crippen LogP contribution in [0.1, 0.15) is 35.2 Å². The number of carbonyl (C=O) groups is 1. The summed E-state index contributed by atoms with van der Waals surface area (Å²) in [6, 6.07) is 11.5. The fourth-order valence-corrected chi connectivity index (χ4v) is 4.12. The maximum absolute atomic E-state index is 13.1. The van der Waals surface area contributed by atoms with E-state index in [0.717, 1.165) is 32.5 Å². The molecule has 0 aliphatic carbocycles. The molecule has 1 aliphatic heterocycles. The third-order valence-electron chi connectivity index (χ3n) is 4.64. The third-order valence-corrected chi connectivity index (χ3v) is 5.39. The maximum atomic E-state index is 13.1. The van der Waals surface area contributed by atoms with E-state index in [1.165, 1.54) is 5.56 Å². The van der Waals surface area contributed by atoms with Gasteiger partial charge in [-0.05, 0) is 80.9 Å². The highest BCUT2D eigenvalue weighted by Gasteiger charge is 2.31. The van der Waals surface area contributed by atoms with E-state index in [1.807, 2.05) is 31.2 Å². The molecule has 2 aromatic carbocycles.